The Morgan fingerprint density at radius 1 is 1.04 bits per heavy atom. The van der Waals surface area contributed by atoms with Gasteiger partial charge in [0.05, 0.1) is 11.6 Å². The van der Waals surface area contributed by atoms with Crippen molar-refractivity contribution in [2.75, 3.05) is 13.2 Å². The van der Waals surface area contributed by atoms with Crippen molar-refractivity contribution in [3.05, 3.63) is 48.0 Å². The van der Waals surface area contributed by atoms with Crippen LogP contribution in [0.5, 0.6) is 0 Å². The molecule has 0 heterocycles. The molecule has 0 unspecified atom stereocenters. The lowest BCUT2D eigenvalue weighted by Gasteiger charge is -2.28. The van der Waals surface area contributed by atoms with Gasteiger partial charge in [0.1, 0.15) is 0 Å². The van der Waals surface area contributed by atoms with Crippen LogP contribution in [0.15, 0.2) is 36.9 Å². The predicted molar refractivity (Wildman–Crippen MR) is 100.0 cm³/mol. The van der Waals surface area contributed by atoms with Gasteiger partial charge >= 0.3 is 0 Å². The van der Waals surface area contributed by atoms with Gasteiger partial charge in [-0.05, 0) is 87.3 Å². The van der Waals surface area contributed by atoms with Crippen molar-refractivity contribution in [3.63, 3.8) is 0 Å². The van der Waals surface area contributed by atoms with Crippen molar-refractivity contribution in [2.45, 2.75) is 63.7 Å². The number of allylic oxidation sites excluding steroid dienone is 1. The molecule has 2 heteroatoms. The van der Waals surface area contributed by atoms with Gasteiger partial charge in [-0.25, -0.2) is 0 Å². The van der Waals surface area contributed by atoms with E-state index in [4.69, 9.17) is 10.00 Å². The second-order valence-electron chi connectivity index (χ2n) is 6.99. The smallest absolute Gasteiger partial charge is 0.0991 e. The van der Waals surface area contributed by atoms with Crippen LogP contribution in [-0.2, 0) is 4.74 Å². The number of nitriles is 1. The monoisotopic (exact) mass is 325 g/mol. The first kappa shape index (κ1) is 18.7. The maximum absolute atomic E-state index is 8.88. The summed E-state index contributed by atoms with van der Waals surface area (Å²) in [5, 5.41) is 8.88. The van der Waals surface area contributed by atoms with E-state index in [1.807, 2.05) is 18.2 Å². The molecule has 0 atom stereocenters. The maximum atomic E-state index is 8.88. The van der Waals surface area contributed by atoms with Crippen molar-refractivity contribution in [1.82, 2.24) is 0 Å². The molecule has 0 saturated heterocycles. The van der Waals surface area contributed by atoms with Gasteiger partial charge in [-0.15, -0.1) is 6.58 Å². The average Bonchev–Trinajstić information content (AvgIpc) is 2.64. The third-order valence-electron chi connectivity index (χ3n) is 5.21. The molecule has 1 aliphatic carbocycles. The second-order valence-corrected chi connectivity index (χ2v) is 6.99. The molecule has 2 nitrogen and oxygen atoms in total. The topological polar surface area (TPSA) is 33.0 Å². The Morgan fingerprint density at radius 3 is 2.42 bits per heavy atom. The van der Waals surface area contributed by atoms with E-state index in [0.29, 0.717) is 5.92 Å². The largest absolute Gasteiger partial charge is 0.381 e. The Balaban J connectivity index is 1.56. The van der Waals surface area contributed by atoms with Gasteiger partial charge in [0, 0.05) is 13.2 Å². The SMILES string of the molecule is C=CCCCCOCCC[C@H]1CC[C@H](c2ccc(C#N)cc2)CC1. The van der Waals surface area contributed by atoms with E-state index in [0.717, 1.165) is 37.5 Å². The molecule has 1 aromatic carbocycles. The van der Waals surface area contributed by atoms with Gasteiger partial charge in [-0.3, -0.25) is 0 Å². The summed E-state index contributed by atoms with van der Waals surface area (Å²) >= 11 is 0. The van der Waals surface area contributed by atoms with Crippen molar-refractivity contribution < 1.29 is 4.74 Å². The first-order valence-electron chi connectivity index (χ1n) is 9.52. The van der Waals surface area contributed by atoms with Crippen LogP contribution >= 0.6 is 0 Å². The Labute approximate surface area is 147 Å². The standard InChI is InChI=1S/C22H31NO/c1-2-3-4-5-16-24-17-6-7-19-8-12-21(13-9-19)22-14-10-20(18-23)11-15-22/h2,10-11,14-15,19,21H,1,3-9,12-13,16-17H2/t19-,21-. The van der Waals surface area contributed by atoms with Gasteiger partial charge in [-0.2, -0.15) is 5.26 Å². The third kappa shape index (κ3) is 6.49. The minimum atomic E-state index is 0.690. The van der Waals surface area contributed by atoms with Crippen LogP contribution in [0.1, 0.15) is 74.8 Å². The molecule has 130 valence electrons. The molecule has 0 amide bonds. The van der Waals surface area contributed by atoms with Gasteiger partial charge < -0.3 is 4.74 Å². The molecule has 2 rings (SSSR count). The number of rotatable bonds is 10. The van der Waals surface area contributed by atoms with Gasteiger partial charge in [0.25, 0.3) is 0 Å². The summed E-state index contributed by atoms with van der Waals surface area (Å²) in [5.74, 6) is 1.57. The summed E-state index contributed by atoms with van der Waals surface area (Å²) in [4.78, 5) is 0. The lowest BCUT2D eigenvalue weighted by Crippen LogP contribution is -2.14. The summed E-state index contributed by atoms with van der Waals surface area (Å²) in [6.07, 6.45) is 13.2. The van der Waals surface area contributed by atoms with Crippen LogP contribution in [0.2, 0.25) is 0 Å². The molecule has 0 aliphatic heterocycles. The summed E-state index contributed by atoms with van der Waals surface area (Å²) in [6, 6.07) is 10.4. The van der Waals surface area contributed by atoms with Crippen molar-refractivity contribution >= 4 is 0 Å². The summed E-state index contributed by atoms with van der Waals surface area (Å²) in [5.41, 5.74) is 2.17. The summed E-state index contributed by atoms with van der Waals surface area (Å²) in [6.45, 7) is 5.56. The first-order chi connectivity index (χ1) is 11.8. The fourth-order valence-electron chi connectivity index (χ4n) is 3.68. The van der Waals surface area contributed by atoms with Crippen molar-refractivity contribution in [2.24, 2.45) is 5.92 Å². The van der Waals surface area contributed by atoms with Crippen LogP contribution in [0.3, 0.4) is 0 Å². The third-order valence-corrected chi connectivity index (χ3v) is 5.21. The minimum Gasteiger partial charge on any atom is -0.381 e. The lowest BCUT2D eigenvalue weighted by molar-refractivity contribution is 0.121. The van der Waals surface area contributed by atoms with Gasteiger partial charge in [-0.1, -0.05) is 18.2 Å². The van der Waals surface area contributed by atoms with Crippen LogP contribution in [0.4, 0.5) is 0 Å². The Kier molecular flexibility index (Phi) is 8.63. The molecule has 1 fully saturated rings. The number of ether oxygens (including phenoxy) is 1. The molecule has 0 spiro atoms. The van der Waals surface area contributed by atoms with Gasteiger partial charge in [0.2, 0.25) is 0 Å². The number of hydrogen-bond acceptors (Lipinski definition) is 2. The van der Waals surface area contributed by atoms with E-state index < -0.39 is 0 Å². The quantitative estimate of drug-likeness (QED) is 0.391. The Morgan fingerprint density at radius 2 is 1.75 bits per heavy atom. The lowest BCUT2D eigenvalue weighted by atomic mass is 9.77. The van der Waals surface area contributed by atoms with Crippen LogP contribution in [0, 0.1) is 17.2 Å². The van der Waals surface area contributed by atoms with E-state index in [-0.39, 0.29) is 0 Å². The van der Waals surface area contributed by atoms with Gasteiger partial charge in [0.15, 0.2) is 0 Å². The highest BCUT2D eigenvalue weighted by molar-refractivity contribution is 5.33. The first-order valence-corrected chi connectivity index (χ1v) is 9.52. The fraction of sp³-hybridized carbons (Fsp3) is 0.591. The highest BCUT2D eigenvalue weighted by Gasteiger charge is 2.21. The summed E-state index contributed by atoms with van der Waals surface area (Å²) < 4.78 is 5.72. The molecular weight excluding hydrogens is 294 g/mol. The molecule has 0 bridgehead atoms. The van der Waals surface area contributed by atoms with E-state index in [2.05, 4.69) is 24.8 Å². The number of benzene rings is 1. The van der Waals surface area contributed by atoms with E-state index in [9.17, 15) is 0 Å². The minimum absolute atomic E-state index is 0.690. The van der Waals surface area contributed by atoms with Crippen LogP contribution < -0.4 is 0 Å². The van der Waals surface area contributed by atoms with Crippen molar-refractivity contribution in [1.29, 1.82) is 5.26 Å². The molecule has 0 N–H and O–H groups in total. The second kappa shape index (κ2) is 11.0. The predicted octanol–water partition coefficient (Wildman–Crippen LogP) is 5.99. The van der Waals surface area contributed by atoms with Crippen LogP contribution in [0.25, 0.3) is 0 Å². The van der Waals surface area contributed by atoms with E-state index in [1.54, 1.807) is 0 Å². The normalized spacial score (nSPS) is 20.5. The molecule has 1 aromatic rings. The van der Waals surface area contributed by atoms with Crippen LogP contribution in [-0.4, -0.2) is 13.2 Å². The van der Waals surface area contributed by atoms with E-state index in [1.165, 1.54) is 50.5 Å². The molecule has 1 saturated carbocycles. The zero-order valence-electron chi connectivity index (χ0n) is 14.9. The molecular formula is C22H31NO. The Bertz CT molecular complexity index is 506. The highest BCUT2D eigenvalue weighted by atomic mass is 16.5. The molecule has 1 aliphatic rings. The zero-order chi connectivity index (χ0) is 17.0. The van der Waals surface area contributed by atoms with Crippen molar-refractivity contribution in [3.8, 4) is 6.07 Å². The number of unbranched alkanes of at least 4 members (excludes halogenated alkanes) is 2. The van der Waals surface area contributed by atoms with E-state index >= 15 is 0 Å². The number of nitrogens with zero attached hydrogens (tertiary/aromatic N) is 1. The average molecular weight is 325 g/mol. The molecule has 0 radical (unpaired) electrons. The highest BCUT2D eigenvalue weighted by Crippen LogP contribution is 2.37. The Hall–Kier alpha value is -1.59. The molecule has 0 aromatic heterocycles. The zero-order valence-corrected chi connectivity index (χ0v) is 14.9. The summed E-state index contributed by atoms with van der Waals surface area (Å²) in [7, 11) is 0. The fourth-order valence-corrected chi connectivity index (χ4v) is 3.68. The maximum Gasteiger partial charge on any atom is 0.0991 e. The number of hydrogen-bond donors (Lipinski definition) is 0. The molecule has 24 heavy (non-hydrogen) atoms.